The molecule has 0 atom stereocenters. The van der Waals surface area contributed by atoms with E-state index in [1.54, 1.807) is 0 Å². The number of nitrogens with zero attached hydrogens (tertiary/aromatic N) is 3. The summed E-state index contributed by atoms with van der Waals surface area (Å²) in [5, 5.41) is 3.45. The van der Waals surface area contributed by atoms with Crippen molar-refractivity contribution in [2.24, 2.45) is 0 Å². The second-order valence-corrected chi connectivity index (χ2v) is 6.39. The number of nitrogens with one attached hydrogen (secondary N) is 1. The number of hydrogen-bond donors (Lipinski definition) is 1. The van der Waals surface area contributed by atoms with Crippen LogP contribution in [-0.2, 0) is 0 Å². The molecule has 4 nitrogen and oxygen atoms in total. The molecule has 0 saturated heterocycles. The van der Waals surface area contributed by atoms with Gasteiger partial charge in [-0.1, -0.05) is 19.8 Å². The summed E-state index contributed by atoms with van der Waals surface area (Å²) in [4.78, 5) is 12.1. The summed E-state index contributed by atoms with van der Waals surface area (Å²) in [5.74, 6) is 3.82. The quantitative estimate of drug-likeness (QED) is 0.825. The summed E-state index contributed by atoms with van der Waals surface area (Å²) in [6, 6.07) is 2.83. The second kappa shape index (κ2) is 6.63. The van der Waals surface area contributed by atoms with Gasteiger partial charge in [-0.3, -0.25) is 0 Å². The van der Waals surface area contributed by atoms with E-state index in [4.69, 9.17) is 9.97 Å². The largest absolute Gasteiger partial charge is 0.370 e. The lowest BCUT2D eigenvalue weighted by molar-refractivity contribution is 0.610. The fraction of sp³-hybridized carbons (Fsp3) is 0.765. The number of anilines is 2. The van der Waals surface area contributed by atoms with Crippen molar-refractivity contribution in [3.8, 4) is 0 Å². The van der Waals surface area contributed by atoms with Crippen molar-refractivity contribution in [3.05, 3.63) is 11.9 Å². The van der Waals surface area contributed by atoms with Crippen LogP contribution in [0, 0.1) is 0 Å². The first-order valence-electron chi connectivity index (χ1n) is 8.71. The zero-order valence-electron chi connectivity index (χ0n) is 13.4. The molecule has 3 rings (SSSR count). The molecule has 1 aromatic heterocycles. The van der Waals surface area contributed by atoms with Crippen molar-refractivity contribution in [1.29, 1.82) is 0 Å². The molecule has 0 spiro atoms. The van der Waals surface area contributed by atoms with Gasteiger partial charge in [-0.2, -0.15) is 0 Å². The first kappa shape index (κ1) is 14.6. The third-order valence-electron chi connectivity index (χ3n) is 4.63. The van der Waals surface area contributed by atoms with Gasteiger partial charge in [-0.25, -0.2) is 9.97 Å². The predicted octanol–water partition coefficient (Wildman–Crippen LogP) is 3.94. The molecule has 4 heteroatoms. The average molecular weight is 288 g/mol. The minimum Gasteiger partial charge on any atom is -0.370 e. The maximum atomic E-state index is 4.89. The molecule has 2 aliphatic rings. The lowest BCUT2D eigenvalue weighted by Crippen LogP contribution is -2.34. The van der Waals surface area contributed by atoms with Crippen LogP contribution in [0.25, 0.3) is 0 Å². The van der Waals surface area contributed by atoms with Gasteiger partial charge in [0.05, 0.1) is 0 Å². The minimum absolute atomic E-state index is 0.606. The fourth-order valence-electron chi connectivity index (χ4n) is 3.29. The Morgan fingerprint density at radius 2 is 1.90 bits per heavy atom. The van der Waals surface area contributed by atoms with Crippen LogP contribution in [0.2, 0.25) is 0 Å². The van der Waals surface area contributed by atoms with Crippen molar-refractivity contribution in [2.45, 2.75) is 70.8 Å². The van der Waals surface area contributed by atoms with E-state index < -0.39 is 0 Å². The molecule has 116 valence electrons. The van der Waals surface area contributed by atoms with E-state index in [1.165, 1.54) is 38.5 Å². The minimum atomic E-state index is 0.606. The normalized spacial score (nSPS) is 19.0. The first-order valence-corrected chi connectivity index (χ1v) is 8.71. The van der Waals surface area contributed by atoms with E-state index in [2.05, 4.69) is 30.1 Å². The Morgan fingerprint density at radius 1 is 1.14 bits per heavy atom. The topological polar surface area (TPSA) is 41.0 Å². The van der Waals surface area contributed by atoms with E-state index in [0.717, 1.165) is 37.0 Å². The molecule has 21 heavy (non-hydrogen) atoms. The molecular weight excluding hydrogens is 260 g/mol. The molecule has 0 amide bonds. The Kier molecular flexibility index (Phi) is 4.61. The maximum Gasteiger partial charge on any atom is 0.136 e. The van der Waals surface area contributed by atoms with Crippen LogP contribution >= 0.6 is 0 Å². The molecule has 0 bridgehead atoms. The van der Waals surface area contributed by atoms with Crippen LogP contribution < -0.4 is 10.2 Å². The molecule has 1 heterocycles. The molecule has 1 aromatic rings. The van der Waals surface area contributed by atoms with Crippen LogP contribution in [0.1, 0.15) is 70.5 Å². The van der Waals surface area contributed by atoms with E-state index in [1.807, 2.05) is 0 Å². The summed E-state index contributed by atoms with van der Waals surface area (Å²) >= 11 is 0. The summed E-state index contributed by atoms with van der Waals surface area (Å²) in [7, 11) is 0. The molecule has 0 aliphatic heterocycles. The number of aromatic nitrogens is 2. The third kappa shape index (κ3) is 3.47. The lowest BCUT2D eigenvalue weighted by Gasteiger charge is -2.29. The van der Waals surface area contributed by atoms with Gasteiger partial charge >= 0.3 is 0 Å². The Balaban J connectivity index is 1.85. The fourth-order valence-corrected chi connectivity index (χ4v) is 3.29. The van der Waals surface area contributed by atoms with E-state index >= 15 is 0 Å². The monoisotopic (exact) mass is 288 g/mol. The molecule has 0 unspecified atom stereocenters. The van der Waals surface area contributed by atoms with Gasteiger partial charge in [-0.15, -0.1) is 0 Å². The van der Waals surface area contributed by atoms with Gasteiger partial charge in [0, 0.05) is 31.1 Å². The number of rotatable bonds is 7. The Bertz CT molecular complexity index is 464. The van der Waals surface area contributed by atoms with Gasteiger partial charge in [0.1, 0.15) is 17.5 Å². The van der Waals surface area contributed by atoms with Crippen molar-refractivity contribution in [2.75, 3.05) is 23.3 Å². The zero-order valence-corrected chi connectivity index (χ0v) is 13.4. The lowest BCUT2D eigenvalue weighted by atomic mass is 10.2. The van der Waals surface area contributed by atoms with Crippen LogP contribution in [0.3, 0.4) is 0 Å². The Morgan fingerprint density at radius 3 is 2.52 bits per heavy atom. The van der Waals surface area contributed by atoms with Gasteiger partial charge in [0.15, 0.2) is 0 Å². The van der Waals surface area contributed by atoms with Crippen LogP contribution in [0.5, 0.6) is 0 Å². The van der Waals surface area contributed by atoms with E-state index in [0.29, 0.717) is 12.0 Å². The highest BCUT2D eigenvalue weighted by atomic mass is 15.2. The summed E-state index contributed by atoms with van der Waals surface area (Å²) < 4.78 is 0. The summed E-state index contributed by atoms with van der Waals surface area (Å²) in [6.07, 6.45) is 8.99. The average Bonchev–Trinajstić information content (AvgIpc) is 3.23. The predicted molar refractivity (Wildman–Crippen MR) is 88.1 cm³/mol. The highest BCUT2D eigenvalue weighted by Gasteiger charge is 2.29. The second-order valence-electron chi connectivity index (χ2n) is 6.39. The van der Waals surface area contributed by atoms with Crippen LogP contribution in [0.15, 0.2) is 6.07 Å². The maximum absolute atomic E-state index is 4.89. The molecule has 0 aromatic carbocycles. The third-order valence-corrected chi connectivity index (χ3v) is 4.63. The summed E-state index contributed by atoms with van der Waals surface area (Å²) in [6.45, 7) is 6.46. The van der Waals surface area contributed by atoms with E-state index in [-0.39, 0.29) is 0 Å². The van der Waals surface area contributed by atoms with Crippen molar-refractivity contribution in [1.82, 2.24) is 9.97 Å². The molecule has 1 N–H and O–H groups in total. The Labute approximate surface area is 128 Å². The molecular formula is C17H28N4. The van der Waals surface area contributed by atoms with E-state index in [9.17, 15) is 0 Å². The van der Waals surface area contributed by atoms with Gasteiger partial charge in [-0.05, 0) is 39.0 Å². The standard InChI is InChI=1S/C17H28N4/c1-3-11-18-15-12-16(20-17(19-15)13-9-10-13)21(4-2)14-7-5-6-8-14/h12-14H,3-11H2,1-2H3,(H,18,19,20). The number of hydrogen-bond acceptors (Lipinski definition) is 4. The summed E-state index contributed by atoms with van der Waals surface area (Å²) in [5.41, 5.74) is 0. The zero-order chi connectivity index (χ0) is 14.7. The first-order chi connectivity index (χ1) is 10.3. The van der Waals surface area contributed by atoms with Gasteiger partial charge in [0.25, 0.3) is 0 Å². The van der Waals surface area contributed by atoms with Crippen molar-refractivity contribution < 1.29 is 0 Å². The van der Waals surface area contributed by atoms with Crippen LogP contribution in [-0.4, -0.2) is 29.1 Å². The van der Waals surface area contributed by atoms with Gasteiger partial charge < -0.3 is 10.2 Å². The SMILES string of the molecule is CCCNc1cc(N(CC)C2CCCC2)nc(C2CC2)n1. The smallest absolute Gasteiger partial charge is 0.136 e. The van der Waals surface area contributed by atoms with Crippen molar-refractivity contribution in [3.63, 3.8) is 0 Å². The highest BCUT2D eigenvalue weighted by Crippen LogP contribution is 2.39. The Hall–Kier alpha value is -1.32. The van der Waals surface area contributed by atoms with Gasteiger partial charge in [0.2, 0.25) is 0 Å². The molecule has 0 radical (unpaired) electrons. The highest BCUT2D eigenvalue weighted by molar-refractivity contribution is 5.50. The molecule has 2 aliphatic carbocycles. The molecule has 2 saturated carbocycles. The molecule has 2 fully saturated rings. The van der Waals surface area contributed by atoms with Crippen molar-refractivity contribution >= 4 is 11.6 Å². The van der Waals surface area contributed by atoms with Crippen LogP contribution in [0.4, 0.5) is 11.6 Å².